The van der Waals surface area contributed by atoms with Crippen LogP contribution >= 0.6 is 11.3 Å². The van der Waals surface area contributed by atoms with Crippen LogP contribution in [-0.4, -0.2) is 29.0 Å². The van der Waals surface area contributed by atoms with Crippen molar-refractivity contribution >= 4 is 33.3 Å². The topological polar surface area (TPSA) is 45.2 Å². The standard InChI is InChI=1S/C20H21N3OS/c24-20(23-12-5-1-2-6-13-23)21-16-9-7-8-15(14-16)19-22-17-10-3-4-11-18(17)25-19/h3-4,7-11,14H,1-2,5-6,12-13H2,(H,21,24). The van der Waals surface area contributed by atoms with E-state index in [1.807, 2.05) is 47.4 Å². The molecule has 1 saturated heterocycles. The number of hydrogen-bond acceptors (Lipinski definition) is 3. The van der Waals surface area contributed by atoms with E-state index in [-0.39, 0.29) is 6.03 Å². The van der Waals surface area contributed by atoms with E-state index in [9.17, 15) is 4.79 Å². The number of anilines is 1. The molecular weight excluding hydrogens is 330 g/mol. The molecule has 1 fully saturated rings. The van der Waals surface area contributed by atoms with Gasteiger partial charge in [0.15, 0.2) is 0 Å². The van der Waals surface area contributed by atoms with Crippen molar-refractivity contribution in [2.24, 2.45) is 0 Å². The number of rotatable bonds is 2. The van der Waals surface area contributed by atoms with Crippen molar-refractivity contribution in [3.05, 3.63) is 48.5 Å². The van der Waals surface area contributed by atoms with Gasteiger partial charge in [0, 0.05) is 24.3 Å². The van der Waals surface area contributed by atoms with Crippen molar-refractivity contribution < 1.29 is 4.79 Å². The van der Waals surface area contributed by atoms with Gasteiger partial charge in [-0.1, -0.05) is 37.1 Å². The molecule has 4 rings (SSSR count). The van der Waals surface area contributed by atoms with Crippen molar-refractivity contribution in [3.8, 4) is 10.6 Å². The zero-order chi connectivity index (χ0) is 17.1. The lowest BCUT2D eigenvalue weighted by atomic mass is 10.2. The molecule has 2 amide bonds. The minimum atomic E-state index is 0.00310. The summed E-state index contributed by atoms with van der Waals surface area (Å²) >= 11 is 1.67. The Hall–Kier alpha value is -2.40. The summed E-state index contributed by atoms with van der Waals surface area (Å²) in [5, 5.41) is 4.03. The van der Waals surface area contributed by atoms with Crippen molar-refractivity contribution in [2.45, 2.75) is 25.7 Å². The van der Waals surface area contributed by atoms with Crippen LogP contribution in [0.5, 0.6) is 0 Å². The summed E-state index contributed by atoms with van der Waals surface area (Å²) in [5.74, 6) is 0. The highest BCUT2D eigenvalue weighted by atomic mass is 32.1. The molecule has 5 heteroatoms. The fourth-order valence-electron chi connectivity index (χ4n) is 3.20. The van der Waals surface area contributed by atoms with Gasteiger partial charge in [0.25, 0.3) is 0 Å². The Morgan fingerprint density at radius 1 is 1.00 bits per heavy atom. The molecule has 1 aliphatic heterocycles. The summed E-state index contributed by atoms with van der Waals surface area (Å²) in [5.41, 5.74) is 2.88. The maximum Gasteiger partial charge on any atom is 0.321 e. The van der Waals surface area contributed by atoms with Gasteiger partial charge in [-0.15, -0.1) is 11.3 Å². The predicted octanol–water partition coefficient (Wildman–Crippen LogP) is 5.37. The first-order valence-corrected chi connectivity index (χ1v) is 9.63. The van der Waals surface area contributed by atoms with E-state index in [0.717, 1.165) is 47.7 Å². The molecule has 25 heavy (non-hydrogen) atoms. The number of amides is 2. The number of likely N-dealkylation sites (tertiary alicyclic amines) is 1. The molecule has 0 spiro atoms. The van der Waals surface area contributed by atoms with Crippen molar-refractivity contribution in [3.63, 3.8) is 0 Å². The van der Waals surface area contributed by atoms with Crippen LogP contribution in [0.15, 0.2) is 48.5 Å². The highest BCUT2D eigenvalue weighted by molar-refractivity contribution is 7.21. The summed E-state index contributed by atoms with van der Waals surface area (Å²) in [6.45, 7) is 1.70. The Morgan fingerprint density at radius 2 is 1.80 bits per heavy atom. The van der Waals surface area contributed by atoms with Gasteiger partial charge in [0.05, 0.1) is 10.2 Å². The second-order valence-electron chi connectivity index (χ2n) is 6.40. The Balaban J connectivity index is 1.53. The Labute approximate surface area is 151 Å². The molecule has 4 nitrogen and oxygen atoms in total. The number of carbonyl (C=O) groups excluding carboxylic acids is 1. The average Bonchev–Trinajstić information content (AvgIpc) is 2.88. The number of benzene rings is 2. The van der Waals surface area contributed by atoms with Crippen LogP contribution in [0, 0.1) is 0 Å². The summed E-state index contributed by atoms with van der Waals surface area (Å²) < 4.78 is 1.18. The minimum Gasteiger partial charge on any atom is -0.325 e. The number of aromatic nitrogens is 1. The minimum absolute atomic E-state index is 0.00310. The molecule has 1 N–H and O–H groups in total. The SMILES string of the molecule is O=C(Nc1cccc(-c2nc3ccccc3s2)c1)N1CCCCCC1. The maximum atomic E-state index is 12.5. The molecule has 0 bridgehead atoms. The van der Waals surface area contributed by atoms with E-state index in [2.05, 4.69) is 11.4 Å². The number of nitrogens with one attached hydrogen (secondary N) is 1. The van der Waals surface area contributed by atoms with Gasteiger partial charge in [-0.3, -0.25) is 0 Å². The van der Waals surface area contributed by atoms with E-state index >= 15 is 0 Å². The summed E-state index contributed by atoms with van der Waals surface area (Å²) in [6.07, 6.45) is 4.63. The monoisotopic (exact) mass is 351 g/mol. The molecule has 0 unspecified atom stereocenters. The van der Waals surface area contributed by atoms with Crippen LogP contribution in [0.2, 0.25) is 0 Å². The van der Waals surface area contributed by atoms with Gasteiger partial charge in [0.2, 0.25) is 0 Å². The average molecular weight is 351 g/mol. The molecule has 2 heterocycles. The predicted molar refractivity (Wildman–Crippen MR) is 104 cm³/mol. The molecule has 3 aromatic rings. The lowest BCUT2D eigenvalue weighted by molar-refractivity contribution is 0.214. The first-order valence-electron chi connectivity index (χ1n) is 8.81. The first kappa shape index (κ1) is 16.1. The van der Waals surface area contributed by atoms with Crippen LogP contribution in [0.1, 0.15) is 25.7 Å². The summed E-state index contributed by atoms with van der Waals surface area (Å²) in [4.78, 5) is 19.1. The molecule has 128 valence electrons. The van der Waals surface area contributed by atoms with Crippen molar-refractivity contribution in [1.82, 2.24) is 9.88 Å². The van der Waals surface area contributed by atoms with E-state index in [1.54, 1.807) is 11.3 Å². The third-order valence-corrected chi connectivity index (χ3v) is 5.63. The molecule has 0 saturated carbocycles. The fourth-order valence-corrected chi connectivity index (χ4v) is 4.16. The van der Waals surface area contributed by atoms with Gasteiger partial charge >= 0.3 is 6.03 Å². The molecule has 0 radical (unpaired) electrons. The molecule has 0 aliphatic carbocycles. The van der Waals surface area contributed by atoms with E-state index in [1.165, 1.54) is 17.5 Å². The number of nitrogens with zero attached hydrogens (tertiary/aromatic N) is 2. The zero-order valence-corrected chi connectivity index (χ0v) is 14.9. The number of thiazole rings is 1. The molecule has 2 aromatic carbocycles. The number of hydrogen-bond donors (Lipinski definition) is 1. The maximum absolute atomic E-state index is 12.5. The third kappa shape index (κ3) is 3.66. The van der Waals surface area contributed by atoms with Crippen LogP contribution in [0.3, 0.4) is 0 Å². The van der Waals surface area contributed by atoms with Crippen LogP contribution in [-0.2, 0) is 0 Å². The zero-order valence-electron chi connectivity index (χ0n) is 14.1. The van der Waals surface area contributed by atoms with Gasteiger partial charge < -0.3 is 10.2 Å². The van der Waals surface area contributed by atoms with Crippen molar-refractivity contribution in [2.75, 3.05) is 18.4 Å². The summed E-state index contributed by atoms with van der Waals surface area (Å²) in [6, 6.07) is 16.1. The molecule has 0 atom stereocenters. The van der Waals surface area contributed by atoms with Crippen LogP contribution < -0.4 is 5.32 Å². The van der Waals surface area contributed by atoms with E-state index < -0.39 is 0 Å². The van der Waals surface area contributed by atoms with E-state index in [4.69, 9.17) is 4.98 Å². The van der Waals surface area contributed by atoms with Gasteiger partial charge in [0.1, 0.15) is 5.01 Å². The number of fused-ring (bicyclic) bond motifs is 1. The number of urea groups is 1. The Kier molecular flexibility index (Phi) is 4.65. The normalized spacial score (nSPS) is 15.1. The molecule has 1 aromatic heterocycles. The second kappa shape index (κ2) is 7.23. The number of carbonyl (C=O) groups is 1. The van der Waals surface area contributed by atoms with Gasteiger partial charge in [-0.2, -0.15) is 0 Å². The largest absolute Gasteiger partial charge is 0.325 e. The van der Waals surface area contributed by atoms with Crippen LogP contribution in [0.25, 0.3) is 20.8 Å². The second-order valence-corrected chi connectivity index (χ2v) is 7.43. The van der Waals surface area contributed by atoms with Gasteiger partial charge in [-0.05, 0) is 37.1 Å². The summed E-state index contributed by atoms with van der Waals surface area (Å²) in [7, 11) is 0. The first-order chi connectivity index (χ1) is 12.3. The molecule has 1 aliphatic rings. The lowest BCUT2D eigenvalue weighted by Crippen LogP contribution is -2.35. The lowest BCUT2D eigenvalue weighted by Gasteiger charge is -2.20. The fraction of sp³-hybridized carbons (Fsp3) is 0.300. The van der Waals surface area contributed by atoms with Gasteiger partial charge in [-0.25, -0.2) is 9.78 Å². The number of para-hydroxylation sites is 1. The van der Waals surface area contributed by atoms with Crippen molar-refractivity contribution in [1.29, 1.82) is 0 Å². The molecular formula is C20H21N3OS. The van der Waals surface area contributed by atoms with Crippen LogP contribution in [0.4, 0.5) is 10.5 Å². The third-order valence-electron chi connectivity index (χ3n) is 4.55. The smallest absolute Gasteiger partial charge is 0.321 e. The highest BCUT2D eigenvalue weighted by Gasteiger charge is 2.15. The highest BCUT2D eigenvalue weighted by Crippen LogP contribution is 2.31. The van der Waals surface area contributed by atoms with E-state index in [0.29, 0.717) is 0 Å². The quantitative estimate of drug-likeness (QED) is 0.674. The Morgan fingerprint density at radius 3 is 2.60 bits per heavy atom. The Bertz CT molecular complexity index is 848.